The van der Waals surface area contributed by atoms with Gasteiger partial charge in [0.1, 0.15) is 10.9 Å². The maximum absolute atomic E-state index is 12.4. The van der Waals surface area contributed by atoms with E-state index in [0.29, 0.717) is 16.7 Å². The number of amides is 1. The molecule has 1 heterocycles. The van der Waals surface area contributed by atoms with E-state index in [2.05, 4.69) is 25.5 Å². The van der Waals surface area contributed by atoms with Crippen molar-refractivity contribution in [3.8, 4) is 0 Å². The number of fused-ring (bicyclic) bond motifs is 1. The van der Waals surface area contributed by atoms with Gasteiger partial charge in [0, 0.05) is 5.69 Å². The van der Waals surface area contributed by atoms with Crippen molar-refractivity contribution >= 4 is 45.0 Å². The molecule has 29 heavy (non-hydrogen) atoms. The minimum absolute atomic E-state index is 0.101. The van der Waals surface area contributed by atoms with E-state index in [9.17, 15) is 28.0 Å². The van der Waals surface area contributed by atoms with Crippen molar-refractivity contribution in [2.45, 2.75) is 17.9 Å². The van der Waals surface area contributed by atoms with Crippen molar-refractivity contribution in [2.75, 3.05) is 5.32 Å². The van der Waals surface area contributed by atoms with E-state index in [1.165, 1.54) is 37.3 Å². The Kier molecular flexibility index (Phi) is 5.61. The van der Waals surface area contributed by atoms with Gasteiger partial charge in [-0.3, -0.25) is 9.59 Å². The summed E-state index contributed by atoms with van der Waals surface area (Å²) < 4.78 is 27.5. The zero-order valence-electron chi connectivity index (χ0n) is 15.0. The predicted molar refractivity (Wildman–Crippen MR) is 107 cm³/mol. The van der Waals surface area contributed by atoms with Crippen LogP contribution in [0.5, 0.6) is 0 Å². The molecule has 1 amide bonds. The molecule has 12 heteroatoms. The Morgan fingerprint density at radius 3 is 2.31 bits per heavy atom. The molecule has 0 saturated heterocycles. The second-order valence-corrected chi connectivity index (χ2v) is 7.58. The van der Waals surface area contributed by atoms with Gasteiger partial charge in [-0.2, -0.15) is 10.2 Å². The van der Waals surface area contributed by atoms with Gasteiger partial charge in [-0.25, -0.2) is 4.79 Å². The Morgan fingerprint density at radius 2 is 1.69 bits per heavy atom. The summed E-state index contributed by atoms with van der Waals surface area (Å²) in [6, 6.07) is 8.44. The van der Waals surface area contributed by atoms with Crippen molar-refractivity contribution in [2.24, 2.45) is 10.2 Å². The van der Waals surface area contributed by atoms with Gasteiger partial charge < -0.3 is 28.9 Å². The molecule has 0 radical (unpaired) electrons. The molecule has 152 valence electrons. The minimum atomic E-state index is -3.84. The summed E-state index contributed by atoms with van der Waals surface area (Å²) in [4.78, 5) is 40.6. The fourth-order valence-electron chi connectivity index (χ4n) is 2.46. The fraction of sp³-hybridized carbons (Fsp3) is 0.118. The summed E-state index contributed by atoms with van der Waals surface area (Å²) in [5.41, 5.74) is 1.27. The Hall–Kier alpha value is -3.32. The topological polar surface area (TPSA) is 180 Å². The van der Waals surface area contributed by atoms with Gasteiger partial charge in [0.15, 0.2) is 5.78 Å². The molecule has 0 spiro atoms. The SMILES string of the molecule is CC(=O)C(N=Nc1ccc(S(O)(O)O)cc1)C(=O)Nc1ccc2[nH]c(=O)[nH]c2c1. The van der Waals surface area contributed by atoms with Crippen LogP contribution in [0.15, 0.2) is 62.4 Å². The normalized spacial score (nSPS) is 13.5. The maximum Gasteiger partial charge on any atom is 0.323 e. The van der Waals surface area contributed by atoms with Crippen LogP contribution < -0.4 is 11.0 Å². The summed E-state index contributed by atoms with van der Waals surface area (Å²) in [5.74, 6) is -1.25. The average molecular weight is 419 g/mol. The van der Waals surface area contributed by atoms with Crippen LogP contribution in [0.2, 0.25) is 0 Å². The first-order valence-corrected chi connectivity index (χ1v) is 9.69. The summed E-state index contributed by atoms with van der Waals surface area (Å²) in [5, 5.41) is 10.1. The van der Waals surface area contributed by atoms with Crippen molar-refractivity contribution < 1.29 is 23.2 Å². The monoisotopic (exact) mass is 419 g/mol. The Morgan fingerprint density at radius 1 is 1.03 bits per heavy atom. The van der Waals surface area contributed by atoms with Gasteiger partial charge in [-0.15, -0.1) is 0 Å². The highest BCUT2D eigenvalue weighted by molar-refractivity contribution is 8.19. The van der Waals surface area contributed by atoms with Crippen molar-refractivity contribution in [1.82, 2.24) is 9.97 Å². The van der Waals surface area contributed by atoms with Crippen LogP contribution in [0.1, 0.15) is 6.92 Å². The van der Waals surface area contributed by atoms with E-state index in [4.69, 9.17) is 0 Å². The number of H-pyrrole nitrogens is 2. The molecule has 1 aromatic heterocycles. The number of hydrogen-bond acceptors (Lipinski definition) is 8. The zero-order valence-corrected chi connectivity index (χ0v) is 15.8. The van der Waals surface area contributed by atoms with Gasteiger partial charge in [0.2, 0.25) is 6.04 Å². The molecule has 3 aromatic rings. The molecule has 1 unspecified atom stereocenters. The summed E-state index contributed by atoms with van der Waals surface area (Å²) in [6.45, 7) is 1.19. The number of carbonyl (C=O) groups is 2. The summed E-state index contributed by atoms with van der Waals surface area (Å²) in [6.07, 6.45) is 0. The first-order chi connectivity index (χ1) is 13.6. The number of carbonyl (C=O) groups excluding carboxylic acids is 2. The summed E-state index contributed by atoms with van der Waals surface area (Å²) in [7, 11) is -3.84. The lowest BCUT2D eigenvalue weighted by Crippen LogP contribution is -2.31. The third-order valence-electron chi connectivity index (χ3n) is 3.86. The quantitative estimate of drug-likeness (QED) is 0.264. The van der Waals surface area contributed by atoms with Gasteiger partial charge in [0.05, 0.1) is 21.6 Å². The van der Waals surface area contributed by atoms with E-state index in [0.717, 1.165) is 0 Å². The highest BCUT2D eigenvalue weighted by atomic mass is 32.3. The van der Waals surface area contributed by atoms with Crippen LogP contribution in [0, 0.1) is 0 Å². The van der Waals surface area contributed by atoms with E-state index in [-0.39, 0.29) is 16.3 Å². The predicted octanol–water partition coefficient (Wildman–Crippen LogP) is 3.12. The van der Waals surface area contributed by atoms with Gasteiger partial charge in [0.25, 0.3) is 5.91 Å². The number of nitrogens with zero attached hydrogens (tertiary/aromatic N) is 2. The molecule has 2 aromatic carbocycles. The Balaban J connectivity index is 1.75. The third-order valence-corrected chi connectivity index (χ3v) is 4.76. The van der Waals surface area contributed by atoms with Gasteiger partial charge >= 0.3 is 5.69 Å². The maximum atomic E-state index is 12.4. The molecule has 0 bridgehead atoms. The number of rotatable bonds is 6. The Labute approximate surface area is 165 Å². The molecule has 0 aliphatic rings. The fourth-order valence-corrected chi connectivity index (χ4v) is 2.96. The molecule has 0 aliphatic heterocycles. The Bertz CT molecular complexity index is 1150. The largest absolute Gasteiger partial charge is 0.324 e. The van der Waals surface area contributed by atoms with Crippen molar-refractivity contribution in [1.29, 1.82) is 0 Å². The lowest BCUT2D eigenvalue weighted by Gasteiger charge is -2.18. The summed E-state index contributed by atoms with van der Waals surface area (Å²) >= 11 is 0. The molecular weight excluding hydrogens is 402 g/mol. The van der Waals surface area contributed by atoms with Crippen molar-refractivity contribution in [3.05, 3.63) is 52.9 Å². The van der Waals surface area contributed by atoms with Crippen LogP contribution >= 0.6 is 10.9 Å². The molecule has 1 atom stereocenters. The van der Waals surface area contributed by atoms with Crippen LogP contribution in [0.4, 0.5) is 11.4 Å². The molecular formula is C17H17N5O6S. The van der Waals surface area contributed by atoms with Crippen LogP contribution in [-0.4, -0.2) is 41.4 Å². The number of aromatic nitrogens is 2. The highest BCUT2D eigenvalue weighted by Crippen LogP contribution is 2.43. The molecule has 0 fully saturated rings. The van der Waals surface area contributed by atoms with Gasteiger partial charge in [-0.05, 0) is 49.4 Å². The second-order valence-electron chi connectivity index (χ2n) is 6.07. The van der Waals surface area contributed by atoms with Crippen LogP contribution in [-0.2, 0) is 9.59 Å². The first kappa shape index (κ1) is 20.4. The number of aromatic amines is 2. The number of azo groups is 1. The van der Waals surface area contributed by atoms with E-state index in [1.54, 1.807) is 12.1 Å². The molecule has 3 rings (SSSR count). The second kappa shape index (κ2) is 7.97. The number of benzene rings is 2. The average Bonchev–Trinajstić information content (AvgIpc) is 3.00. The number of imidazole rings is 1. The zero-order chi connectivity index (χ0) is 21.2. The van der Waals surface area contributed by atoms with E-state index in [1.807, 2.05) is 0 Å². The number of nitrogens with one attached hydrogen (secondary N) is 3. The molecule has 11 nitrogen and oxygen atoms in total. The molecule has 6 N–H and O–H groups in total. The standard InChI is InChI=1S/C17H17N5O6S/c1-9(23)15(22-21-10-2-5-12(6-3-10)29(26,27)28)16(24)18-11-4-7-13-14(8-11)20-17(25)19-13/h2-8,15,26-28H,1H3,(H,18,24)(H2,19,20,25). The lowest BCUT2D eigenvalue weighted by atomic mass is 10.2. The van der Waals surface area contributed by atoms with Crippen LogP contribution in [0.25, 0.3) is 11.0 Å². The number of hydrogen-bond donors (Lipinski definition) is 6. The number of anilines is 1. The lowest BCUT2D eigenvalue weighted by molar-refractivity contribution is -0.126. The number of Topliss-reactive ketones (excluding diaryl/α,β-unsaturated/α-hetero) is 1. The third kappa shape index (κ3) is 4.94. The first-order valence-electron chi connectivity index (χ1n) is 8.18. The highest BCUT2D eigenvalue weighted by Gasteiger charge is 2.23. The smallest absolute Gasteiger partial charge is 0.323 e. The van der Waals surface area contributed by atoms with Crippen molar-refractivity contribution in [3.63, 3.8) is 0 Å². The van der Waals surface area contributed by atoms with Crippen LogP contribution in [0.3, 0.4) is 0 Å². The van der Waals surface area contributed by atoms with Gasteiger partial charge in [-0.1, -0.05) is 0 Å². The van der Waals surface area contributed by atoms with E-state index < -0.39 is 28.6 Å². The number of ketones is 1. The molecule has 0 saturated carbocycles. The van der Waals surface area contributed by atoms with E-state index >= 15 is 0 Å². The minimum Gasteiger partial charge on any atom is -0.324 e. The molecule has 0 aliphatic carbocycles.